The highest BCUT2D eigenvalue weighted by Gasteiger charge is 2.15. The first kappa shape index (κ1) is 31.9. The van der Waals surface area contributed by atoms with Gasteiger partial charge >= 0.3 is 17.8 Å². The molecule has 3 rings (SSSR count). The Morgan fingerprint density at radius 2 is 1.69 bits per heavy atom. The topological polar surface area (TPSA) is 169 Å². The predicted octanol–water partition coefficient (Wildman–Crippen LogP) is 3.58. The monoisotopic (exact) mass is 581 g/mol. The van der Waals surface area contributed by atoms with Gasteiger partial charge in [0.05, 0.1) is 18.8 Å². The molecule has 0 bridgehead atoms. The second kappa shape index (κ2) is 16.0. The number of aromatic nitrogens is 3. The van der Waals surface area contributed by atoms with Crippen molar-refractivity contribution in [3.05, 3.63) is 70.1 Å². The fraction of sp³-hybridized carbons (Fsp3) is 0.414. The molecule has 0 aliphatic heterocycles. The Hall–Kier alpha value is -4.65. The second-order valence-electron chi connectivity index (χ2n) is 10.1. The summed E-state index contributed by atoms with van der Waals surface area (Å²) in [6.07, 6.45) is 0.385. The highest BCUT2D eigenvalue weighted by molar-refractivity contribution is 5.89. The van der Waals surface area contributed by atoms with E-state index in [1.54, 1.807) is 31.2 Å². The Morgan fingerprint density at radius 3 is 2.38 bits per heavy atom. The number of rotatable bonds is 15. The zero-order valence-electron chi connectivity index (χ0n) is 24.4. The van der Waals surface area contributed by atoms with Crippen molar-refractivity contribution in [1.82, 2.24) is 25.6 Å². The second-order valence-corrected chi connectivity index (χ2v) is 10.1. The van der Waals surface area contributed by atoms with Crippen LogP contribution in [0.2, 0.25) is 0 Å². The molecule has 5 N–H and O–H groups in total. The molecular weight excluding hydrogens is 542 g/mol. The number of ether oxygens (including phenoxy) is 3. The van der Waals surface area contributed by atoms with Crippen LogP contribution in [-0.4, -0.2) is 65.5 Å². The SMILES string of the molecule is CCOC(=O)c1ccc(Nc2nc(NCc3ccc(OCCCNCCNC(=O)OC(C)(C)C)cc3)nc(=O)[nH]2)cc1. The fourth-order valence-electron chi connectivity index (χ4n) is 3.53. The van der Waals surface area contributed by atoms with Crippen LogP contribution in [-0.2, 0) is 16.0 Å². The molecule has 3 aromatic rings. The van der Waals surface area contributed by atoms with Crippen LogP contribution in [0, 0.1) is 0 Å². The lowest BCUT2D eigenvalue weighted by Crippen LogP contribution is -2.36. The van der Waals surface area contributed by atoms with E-state index in [-0.39, 0.29) is 11.9 Å². The minimum absolute atomic E-state index is 0.165. The molecule has 1 amide bonds. The molecule has 13 nitrogen and oxygen atoms in total. The van der Waals surface area contributed by atoms with Gasteiger partial charge in [-0.1, -0.05) is 12.1 Å². The molecule has 0 aliphatic carbocycles. The zero-order chi connectivity index (χ0) is 30.4. The van der Waals surface area contributed by atoms with E-state index in [0.717, 1.165) is 24.3 Å². The molecule has 42 heavy (non-hydrogen) atoms. The van der Waals surface area contributed by atoms with Gasteiger partial charge in [-0.25, -0.2) is 14.4 Å². The summed E-state index contributed by atoms with van der Waals surface area (Å²) in [4.78, 5) is 46.2. The number of H-pyrrole nitrogens is 1. The van der Waals surface area contributed by atoms with Gasteiger partial charge in [-0.15, -0.1) is 0 Å². The number of anilines is 3. The molecule has 0 spiro atoms. The quantitative estimate of drug-likeness (QED) is 0.131. The minimum atomic E-state index is -0.560. The first-order valence-electron chi connectivity index (χ1n) is 13.8. The standard InChI is InChI=1S/C29H39N7O6/c1-5-40-24(37)21-9-11-22(12-10-21)33-26-34-25(35-27(38)36-26)32-19-20-7-13-23(14-8-20)41-18-6-15-30-16-17-31-28(39)42-29(2,3)4/h7-14,30H,5-6,15-19H2,1-4H3,(H,31,39)(H3,32,33,34,35,36,38). The largest absolute Gasteiger partial charge is 0.494 e. The molecule has 0 fully saturated rings. The summed E-state index contributed by atoms with van der Waals surface area (Å²) in [7, 11) is 0. The molecule has 0 saturated heterocycles. The van der Waals surface area contributed by atoms with Gasteiger partial charge < -0.3 is 35.5 Å². The van der Waals surface area contributed by atoms with Crippen LogP contribution in [0.25, 0.3) is 0 Å². The highest BCUT2D eigenvalue weighted by Crippen LogP contribution is 2.16. The van der Waals surface area contributed by atoms with E-state index in [4.69, 9.17) is 14.2 Å². The summed E-state index contributed by atoms with van der Waals surface area (Å²) < 4.78 is 16.0. The van der Waals surface area contributed by atoms with Gasteiger partial charge in [-0.3, -0.25) is 4.98 Å². The van der Waals surface area contributed by atoms with E-state index in [9.17, 15) is 14.4 Å². The van der Waals surface area contributed by atoms with Crippen LogP contribution >= 0.6 is 0 Å². The first-order chi connectivity index (χ1) is 20.1. The molecule has 1 aromatic heterocycles. The number of esters is 1. The van der Waals surface area contributed by atoms with Crippen molar-refractivity contribution in [1.29, 1.82) is 0 Å². The molecule has 0 atom stereocenters. The van der Waals surface area contributed by atoms with Gasteiger partial charge in [0.15, 0.2) is 0 Å². The van der Waals surface area contributed by atoms with E-state index in [0.29, 0.717) is 44.1 Å². The number of carbonyl (C=O) groups is 2. The number of carbonyl (C=O) groups excluding carboxylic acids is 2. The Bertz CT molecular complexity index is 1340. The summed E-state index contributed by atoms with van der Waals surface area (Å²) in [6.45, 7) is 10.3. The lowest BCUT2D eigenvalue weighted by Gasteiger charge is -2.19. The van der Waals surface area contributed by atoms with Crippen molar-refractivity contribution in [2.24, 2.45) is 0 Å². The molecular formula is C29H39N7O6. The van der Waals surface area contributed by atoms with Crippen molar-refractivity contribution < 1.29 is 23.8 Å². The number of nitrogens with zero attached hydrogens (tertiary/aromatic N) is 2. The maximum Gasteiger partial charge on any atom is 0.407 e. The molecule has 0 aliphatic rings. The Balaban J connectivity index is 1.36. The number of hydrogen-bond donors (Lipinski definition) is 5. The maximum atomic E-state index is 12.1. The van der Waals surface area contributed by atoms with Gasteiger partial charge in [-0.2, -0.15) is 9.97 Å². The first-order valence-corrected chi connectivity index (χ1v) is 13.8. The molecule has 0 saturated carbocycles. The molecule has 0 unspecified atom stereocenters. The van der Waals surface area contributed by atoms with E-state index in [1.807, 2.05) is 45.0 Å². The van der Waals surface area contributed by atoms with Crippen LogP contribution in [0.3, 0.4) is 0 Å². The summed E-state index contributed by atoms with van der Waals surface area (Å²) >= 11 is 0. The number of nitrogens with one attached hydrogen (secondary N) is 5. The van der Waals surface area contributed by atoms with E-state index in [1.165, 1.54) is 0 Å². The Labute approximate surface area is 244 Å². The van der Waals surface area contributed by atoms with Gasteiger partial charge in [-0.05, 0) is 82.6 Å². The lowest BCUT2D eigenvalue weighted by atomic mass is 10.2. The van der Waals surface area contributed by atoms with Crippen molar-refractivity contribution in [2.75, 3.05) is 43.5 Å². The molecule has 13 heteroatoms. The number of alkyl carbamates (subject to hydrolysis) is 1. The van der Waals surface area contributed by atoms with Gasteiger partial charge in [0, 0.05) is 25.3 Å². The predicted molar refractivity (Wildman–Crippen MR) is 159 cm³/mol. The Morgan fingerprint density at radius 1 is 0.952 bits per heavy atom. The van der Waals surface area contributed by atoms with Crippen molar-refractivity contribution in [2.45, 2.75) is 46.3 Å². The Kier molecular flexibility index (Phi) is 12.1. The van der Waals surface area contributed by atoms with Crippen molar-refractivity contribution >= 4 is 29.6 Å². The number of hydrogen-bond acceptors (Lipinski definition) is 11. The highest BCUT2D eigenvalue weighted by atomic mass is 16.6. The van der Waals surface area contributed by atoms with Crippen LogP contribution in [0.15, 0.2) is 53.3 Å². The third-order valence-electron chi connectivity index (χ3n) is 5.42. The summed E-state index contributed by atoms with van der Waals surface area (Å²) in [5.41, 5.74) is 0.943. The van der Waals surface area contributed by atoms with Gasteiger partial charge in [0.25, 0.3) is 0 Å². The average Bonchev–Trinajstić information content (AvgIpc) is 2.93. The lowest BCUT2D eigenvalue weighted by molar-refractivity contribution is 0.0517. The summed E-state index contributed by atoms with van der Waals surface area (Å²) in [5.74, 6) is 0.719. The normalized spacial score (nSPS) is 11.0. The fourth-order valence-corrected chi connectivity index (χ4v) is 3.53. The molecule has 0 radical (unpaired) electrons. The van der Waals surface area contributed by atoms with E-state index < -0.39 is 23.4 Å². The van der Waals surface area contributed by atoms with E-state index in [2.05, 4.69) is 36.2 Å². The van der Waals surface area contributed by atoms with Crippen LogP contribution < -0.4 is 31.7 Å². The van der Waals surface area contributed by atoms with Crippen LogP contribution in [0.1, 0.15) is 50.0 Å². The number of amides is 1. The average molecular weight is 582 g/mol. The summed E-state index contributed by atoms with van der Waals surface area (Å²) in [5, 5.41) is 12.0. The van der Waals surface area contributed by atoms with Gasteiger partial charge in [0.2, 0.25) is 11.9 Å². The van der Waals surface area contributed by atoms with E-state index >= 15 is 0 Å². The smallest absolute Gasteiger partial charge is 0.407 e. The number of benzene rings is 2. The zero-order valence-corrected chi connectivity index (χ0v) is 24.4. The molecule has 226 valence electrons. The van der Waals surface area contributed by atoms with Crippen LogP contribution in [0.5, 0.6) is 5.75 Å². The van der Waals surface area contributed by atoms with Crippen molar-refractivity contribution in [3.8, 4) is 5.75 Å². The van der Waals surface area contributed by atoms with Gasteiger partial charge in [0.1, 0.15) is 11.4 Å². The molecule has 1 heterocycles. The summed E-state index contributed by atoms with van der Waals surface area (Å²) in [6, 6.07) is 14.2. The van der Waals surface area contributed by atoms with Crippen molar-refractivity contribution in [3.63, 3.8) is 0 Å². The third kappa shape index (κ3) is 11.8. The minimum Gasteiger partial charge on any atom is -0.494 e. The molecule has 2 aromatic carbocycles. The third-order valence-corrected chi connectivity index (χ3v) is 5.42. The van der Waals surface area contributed by atoms with Crippen LogP contribution in [0.4, 0.5) is 22.4 Å². The number of aromatic amines is 1. The maximum absolute atomic E-state index is 12.1.